The van der Waals surface area contributed by atoms with Gasteiger partial charge in [-0.25, -0.2) is 4.98 Å². The molecule has 0 saturated heterocycles. The zero-order valence-electron chi connectivity index (χ0n) is 16.5. The summed E-state index contributed by atoms with van der Waals surface area (Å²) in [5, 5.41) is 37.4. The largest absolute Gasteiger partial charge is 0.633 e. The number of quaternary nitrogens is 2. The number of hydrogen-bond donors (Lipinski definition) is 1. The van der Waals surface area contributed by atoms with Gasteiger partial charge < -0.3 is 20.1 Å². The summed E-state index contributed by atoms with van der Waals surface area (Å²) in [4.78, 5) is 15.9. The number of hydroxylamine groups is 4. The van der Waals surface area contributed by atoms with Crippen molar-refractivity contribution in [2.24, 2.45) is 0 Å². The van der Waals surface area contributed by atoms with Crippen LogP contribution in [0.4, 0.5) is 11.4 Å². The van der Waals surface area contributed by atoms with E-state index in [1.807, 2.05) is 26.0 Å². The second-order valence-corrected chi connectivity index (χ2v) is 7.66. The highest BCUT2D eigenvalue weighted by molar-refractivity contribution is 6.09. The number of fused-ring (bicyclic) bond motifs is 2. The lowest BCUT2D eigenvalue weighted by molar-refractivity contribution is -0.846. The van der Waals surface area contributed by atoms with Crippen LogP contribution in [0.5, 0.6) is 0 Å². The standard InChI is InChI=1S/C20H24N4O4/c1-13-7-5-8-15-18(13)21-19-14(2)9-10-16(23(26)27)17(19)20(15)22(25)11-6-12-24(3,4)28/h5,7-10,22H,6,11-12H2,1-4H3. The Bertz CT molecular complexity index is 1060. The van der Waals surface area contributed by atoms with Gasteiger partial charge in [0.05, 0.1) is 48.5 Å². The Morgan fingerprint density at radius 1 is 1.11 bits per heavy atom. The molecule has 0 saturated carbocycles. The lowest BCUT2D eigenvalue weighted by Crippen LogP contribution is -3.02. The van der Waals surface area contributed by atoms with Crippen LogP contribution in [-0.4, -0.2) is 41.7 Å². The van der Waals surface area contributed by atoms with E-state index in [1.54, 1.807) is 12.1 Å². The van der Waals surface area contributed by atoms with Crippen LogP contribution >= 0.6 is 0 Å². The monoisotopic (exact) mass is 384 g/mol. The van der Waals surface area contributed by atoms with E-state index < -0.39 is 9.57 Å². The molecule has 3 aromatic rings. The van der Waals surface area contributed by atoms with Gasteiger partial charge in [-0.2, -0.15) is 0 Å². The molecule has 0 aliphatic rings. The summed E-state index contributed by atoms with van der Waals surface area (Å²) < 4.78 is -0.483. The number of aromatic nitrogens is 1. The molecule has 3 rings (SSSR count). The molecule has 0 bridgehead atoms. The van der Waals surface area contributed by atoms with Gasteiger partial charge in [0.2, 0.25) is 0 Å². The first-order chi connectivity index (χ1) is 13.1. The number of nitrogens with zero attached hydrogens (tertiary/aromatic N) is 3. The number of para-hydroxylation sites is 1. The van der Waals surface area contributed by atoms with Gasteiger partial charge in [-0.15, -0.1) is 0 Å². The van der Waals surface area contributed by atoms with Gasteiger partial charge >= 0.3 is 0 Å². The average molecular weight is 384 g/mol. The predicted octanol–water partition coefficient (Wildman–Crippen LogP) is 2.89. The normalized spacial score (nSPS) is 13.2. The number of rotatable bonds is 6. The van der Waals surface area contributed by atoms with Crippen molar-refractivity contribution in [3.63, 3.8) is 0 Å². The molecule has 28 heavy (non-hydrogen) atoms. The first-order valence-electron chi connectivity index (χ1n) is 9.14. The maximum atomic E-state index is 13.2. The third-order valence-electron chi connectivity index (χ3n) is 4.91. The van der Waals surface area contributed by atoms with E-state index in [4.69, 9.17) is 0 Å². The maximum absolute atomic E-state index is 13.2. The molecule has 148 valence electrons. The highest BCUT2D eigenvalue weighted by Gasteiger charge is 2.25. The van der Waals surface area contributed by atoms with Crippen LogP contribution in [0.2, 0.25) is 0 Å². The van der Waals surface area contributed by atoms with E-state index >= 15 is 0 Å². The smallest absolute Gasteiger partial charge is 0.284 e. The Morgan fingerprint density at radius 2 is 1.79 bits per heavy atom. The lowest BCUT2D eigenvalue weighted by atomic mass is 10.0. The highest BCUT2D eigenvalue weighted by Crippen LogP contribution is 2.36. The minimum Gasteiger partial charge on any atom is -0.633 e. The lowest BCUT2D eigenvalue weighted by Gasteiger charge is -2.34. The van der Waals surface area contributed by atoms with Crippen molar-refractivity contribution < 1.29 is 14.6 Å². The van der Waals surface area contributed by atoms with Crippen LogP contribution in [0.3, 0.4) is 0 Å². The second-order valence-electron chi connectivity index (χ2n) is 7.66. The number of pyridine rings is 1. The van der Waals surface area contributed by atoms with Crippen LogP contribution in [0.1, 0.15) is 17.5 Å². The Hall–Kier alpha value is -2.65. The van der Waals surface area contributed by atoms with Crippen LogP contribution in [0.15, 0.2) is 30.3 Å². The minimum absolute atomic E-state index is 0.125. The number of hydrogen-bond acceptors (Lipinski definition) is 5. The van der Waals surface area contributed by atoms with Gasteiger partial charge in [-0.1, -0.05) is 18.2 Å². The fraction of sp³-hybridized carbons (Fsp3) is 0.350. The molecular formula is C20H24N4O4. The van der Waals surface area contributed by atoms with Crippen LogP contribution < -0.4 is 5.06 Å². The molecule has 1 N–H and O–H groups in total. The highest BCUT2D eigenvalue weighted by atomic mass is 16.6. The van der Waals surface area contributed by atoms with E-state index in [9.17, 15) is 20.5 Å². The Morgan fingerprint density at radius 3 is 2.43 bits per heavy atom. The summed E-state index contributed by atoms with van der Waals surface area (Å²) in [6, 6.07) is 8.58. The molecule has 2 aromatic carbocycles. The second kappa shape index (κ2) is 7.40. The van der Waals surface area contributed by atoms with E-state index in [0.29, 0.717) is 35.1 Å². The fourth-order valence-corrected chi connectivity index (χ4v) is 3.52. The molecule has 1 aromatic heterocycles. The molecule has 0 fully saturated rings. The number of aryl methyl sites for hydroxylation is 2. The summed E-state index contributed by atoms with van der Waals surface area (Å²) in [7, 11) is 3.05. The van der Waals surface area contributed by atoms with Crippen molar-refractivity contribution in [1.29, 1.82) is 0 Å². The Balaban J connectivity index is 2.28. The molecule has 1 unspecified atom stereocenters. The molecule has 1 atom stereocenters. The molecule has 8 heteroatoms. The SMILES string of the molecule is Cc1cccc2c([NH+]([O-])CCC[N+](C)(C)[O-])c3c([N+](=O)[O-])ccc(C)c3nc12. The quantitative estimate of drug-likeness (QED) is 0.304. The van der Waals surface area contributed by atoms with Crippen molar-refractivity contribution in [2.45, 2.75) is 20.3 Å². The van der Waals surface area contributed by atoms with Gasteiger partial charge in [0.1, 0.15) is 5.39 Å². The van der Waals surface area contributed by atoms with Crippen molar-refractivity contribution in [3.05, 3.63) is 62.0 Å². The maximum Gasteiger partial charge on any atom is 0.284 e. The third kappa shape index (κ3) is 3.81. The summed E-state index contributed by atoms with van der Waals surface area (Å²) in [6.07, 6.45) is 0.409. The summed E-state index contributed by atoms with van der Waals surface area (Å²) in [5.41, 5.74) is 3.02. The number of benzene rings is 2. The summed E-state index contributed by atoms with van der Waals surface area (Å²) >= 11 is 0. The third-order valence-corrected chi connectivity index (χ3v) is 4.91. The first kappa shape index (κ1) is 20.1. The van der Waals surface area contributed by atoms with E-state index in [-0.39, 0.29) is 22.7 Å². The van der Waals surface area contributed by atoms with Crippen molar-refractivity contribution in [2.75, 3.05) is 27.2 Å². The Kier molecular flexibility index (Phi) is 5.31. The van der Waals surface area contributed by atoms with Gasteiger partial charge in [0, 0.05) is 12.5 Å². The fourth-order valence-electron chi connectivity index (χ4n) is 3.52. The molecule has 8 nitrogen and oxygen atoms in total. The van der Waals surface area contributed by atoms with Crippen molar-refractivity contribution in [3.8, 4) is 0 Å². The van der Waals surface area contributed by atoms with Crippen molar-refractivity contribution >= 4 is 33.2 Å². The average Bonchev–Trinajstić information content (AvgIpc) is 2.59. The zero-order chi connectivity index (χ0) is 20.6. The zero-order valence-corrected chi connectivity index (χ0v) is 16.5. The Labute approximate surface area is 162 Å². The molecular weight excluding hydrogens is 360 g/mol. The summed E-state index contributed by atoms with van der Waals surface area (Å²) in [6.45, 7) is 4.18. The first-order valence-corrected chi connectivity index (χ1v) is 9.14. The van der Waals surface area contributed by atoms with Gasteiger partial charge in [0.15, 0.2) is 5.69 Å². The molecule has 0 radical (unpaired) electrons. The van der Waals surface area contributed by atoms with E-state index in [2.05, 4.69) is 4.98 Å². The summed E-state index contributed by atoms with van der Waals surface area (Å²) in [5.74, 6) is 0. The minimum atomic E-state index is -0.483. The number of nitro groups is 1. The predicted molar refractivity (Wildman–Crippen MR) is 109 cm³/mol. The topological polar surface area (TPSA) is 107 Å². The van der Waals surface area contributed by atoms with E-state index in [0.717, 1.165) is 11.1 Å². The van der Waals surface area contributed by atoms with Gasteiger partial charge in [-0.3, -0.25) is 10.1 Å². The van der Waals surface area contributed by atoms with Crippen LogP contribution in [0, 0.1) is 34.4 Å². The molecule has 0 spiro atoms. The number of nitro benzene ring substituents is 1. The number of non-ortho nitro benzene ring substituents is 1. The number of nitrogens with one attached hydrogen (secondary N) is 1. The van der Waals surface area contributed by atoms with Gasteiger partial charge in [-0.05, 0) is 31.0 Å². The molecule has 0 aliphatic carbocycles. The van der Waals surface area contributed by atoms with Crippen LogP contribution in [0.25, 0.3) is 21.8 Å². The van der Waals surface area contributed by atoms with E-state index in [1.165, 1.54) is 20.2 Å². The molecule has 1 heterocycles. The molecule has 0 aliphatic heterocycles. The van der Waals surface area contributed by atoms with Crippen molar-refractivity contribution in [1.82, 2.24) is 4.98 Å². The van der Waals surface area contributed by atoms with Gasteiger partial charge in [0.25, 0.3) is 5.69 Å². The van der Waals surface area contributed by atoms with Crippen LogP contribution in [-0.2, 0) is 0 Å². The molecule has 0 amide bonds.